The summed E-state index contributed by atoms with van der Waals surface area (Å²) in [4.78, 5) is 28.4. The first-order chi connectivity index (χ1) is 15.3. The third-order valence-corrected chi connectivity index (χ3v) is 5.86. The Morgan fingerprint density at radius 3 is 2.75 bits per heavy atom. The summed E-state index contributed by atoms with van der Waals surface area (Å²) in [5, 5.41) is 13.4. The van der Waals surface area contributed by atoms with Crippen LogP contribution >= 0.6 is 15.9 Å². The lowest BCUT2D eigenvalue weighted by atomic mass is 10.1. The number of aryl methyl sites for hydroxylation is 3. The minimum atomic E-state index is -0.519. The molecule has 0 aliphatic heterocycles. The molecule has 0 radical (unpaired) electrons. The van der Waals surface area contributed by atoms with Crippen molar-refractivity contribution in [2.45, 2.75) is 13.5 Å². The molecule has 1 N–H and O–H groups in total. The van der Waals surface area contributed by atoms with Crippen molar-refractivity contribution in [2.75, 3.05) is 13.7 Å². The molecule has 0 unspecified atom stereocenters. The zero-order chi connectivity index (χ0) is 23.4. The number of amides is 1. The van der Waals surface area contributed by atoms with Crippen LogP contribution in [0.2, 0.25) is 0 Å². The predicted octanol–water partition coefficient (Wildman–Crippen LogP) is 1.89. The number of fused-ring (bicyclic) bond motifs is 1. The molecule has 11 heteroatoms. The number of hydrazone groups is 1. The van der Waals surface area contributed by atoms with Crippen molar-refractivity contribution in [3.63, 3.8) is 0 Å². The molecule has 0 spiro atoms. The minimum Gasteiger partial charge on any atom is -0.467 e. The SMILES string of the molecule is COCc1c(Br)c(C)nc(OCC(=O)N/N=C\c2ccc3c(c2)n(C)c(=O)n3C)c1C#N. The van der Waals surface area contributed by atoms with Crippen molar-refractivity contribution >= 4 is 39.1 Å². The third-order valence-electron chi connectivity index (χ3n) is 4.81. The van der Waals surface area contributed by atoms with E-state index in [1.54, 1.807) is 37.7 Å². The van der Waals surface area contributed by atoms with E-state index in [1.807, 2.05) is 12.1 Å². The van der Waals surface area contributed by atoms with Gasteiger partial charge in [0, 0.05) is 31.2 Å². The van der Waals surface area contributed by atoms with Crippen LogP contribution in [0.5, 0.6) is 5.88 Å². The smallest absolute Gasteiger partial charge is 0.328 e. The molecule has 0 saturated heterocycles. The predicted molar refractivity (Wildman–Crippen MR) is 121 cm³/mol. The number of nitrogens with zero attached hydrogens (tertiary/aromatic N) is 5. The van der Waals surface area contributed by atoms with Crippen LogP contribution in [0, 0.1) is 18.3 Å². The standard InChI is InChI=1S/C21H21BrN6O4/c1-12-19(22)15(10-31-4)14(8-23)20(25-12)32-11-18(29)26-24-9-13-5-6-16-17(7-13)28(3)21(30)27(16)2/h5-7,9H,10-11H2,1-4H3,(H,26,29)/b24-9-. The van der Waals surface area contributed by atoms with Crippen LogP contribution < -0.4 is 15.9 Å². The number of hydrogen-bond acceptors (Lipinski definition) is 7. The fraction of sp³-hybridized carbons (Fsp3) is 0.286. The highest BCUT2D eigenvalue weighted by Crippen LogP contribution is 2.29. The second kappa shape index (κ2) is 9.76. The van der Waals surface area contributed by atoms with Gasteiger partial charge in [-0.25, -0.2) is 15.2 Å². The van der Waals surface area contributed by atoms with E-state index in [4.69, 9.17) is 9.47 Å². The maximum absolute atomic E-state index is 12.1. The summed E-state index contributed by atoms with van der Waals surface area (Å²) in [6.07, 6.45) is 1.47. The third kappa shape index (κ3) is 4.56. The number of nitrogens with one attached hydrogen (secondary N) is 1. The van der Waals surface area contributed by atoms with E-state index in [2.05, 4.69) is 31.4 Å². The summed E-state index contributed by atoms with van der Waals surface area (Å²) in [5.74, 6) is -0.469. The molecule has 0 bridgehead atoms. The Labute approximate surface area is 192 Å². The van der Waals surface area contributed by atoms with Crippen molar-refractivity contribution < 1.29 is 14.3 Å². The van der Waals surface area contributed by atoms with Gasteiger partial charge in [-0.15, -0.1) is 0 Å². The van der Waals surface area contributed by atoms with E-state index < -0.39 is 5.91 Å². The zero-order valence-electron chi connectivity index (χ0n) is 18.0. The van der Waals surface area contributed by atoms with Crippen LogP contribution in [0.1, 0.15) is 22.4 Å². The van der Waals surface area contributed by atoms with Gasteiger partial charge in [-0.1, -0.05) is 6.07 Å². The molecule has 10 nitrogen and oxygen atoms in total. The van der Waals surface area contributed by atoms with E-state index in [0.29, 0.717) is 21.3 Å². The molecule has 166 valence electrons. The van der Waals surface area contributed by atoms with Gasteiger partial charge >= 0.3 is 5.69 Å². The Kier molecular flexibility index (Phi) is 7.07. The molecule has 1 amide bonds. The summed E-state index contributed by atoms with van der Waals surface area (Å²) in [6, 6.07) is 7.45. The maximum Gasteiger partial charge on any atom is 0.328 e. The molecule has 32 heavy (non-hydrogen) atoms. The van der Waals surface area contributed by atoms with Gasteiger partial charge in [-0.3, -0.25) is 13.9 Å². The molecule has 1 aromatic carbocycles. The fourth-order valence-corrected chi connectivity index (χ4v) is 3.56. The molecule has 0 atom stereocenters. The first-order valence-electron chi connectivity index (χ1n) is 9.46. The molecular weight excluding hydrogens is 480 g/mol. The van der Waals surface area contributed by atoms with Gasteiger partial charge in [0.25, 0.3) is 5.91 Å². The molecule has 3 rings (SSSR count). The Balaban J connectivity index is 1.68. The Morgan fingerprint density at radius 2 is 2.06 bits per heavy atom. The minimum absolute atomic E-state index is 0.0508. The number of rotatable bonds is 7. The van der Waals surface area contributed by atoms with Crippen LogP contribution in [-0.2, 0) is 30.2 Å². The average Bonchev–Trinajstić information content (AvgIpc) is 2.99. The average molecular weight is 501 g/mol. The van der Waals surface area contributed by atoms with Gasteiger partial charge in [0.05, 0.1) is 29.5 Å². The topological polar surface area (TPSA) is 124 Å². The summed E-state index contributed by atoms with van der Waals surface area (Å²) in [7, 11) is 4.91. The van der Waals surface area contributed by atoms with Crippen molar-refractivity contribution in [1.29, 1.82) is 5.26 Å². The van der Waals surface area contributed by atoms with E-state index in [1.165, 1.54) is 17.9 Å². The van der Waals surface area contributed by atoms with Gasteiger partial charge in [0.2, 0.25) is 5.88 Å². The summed E-state index contributed by atoms with van der Waals surface area (Å²) < 4.78 is 14.4. The van der Waals surface area contributed by atoms with Crippen LogP contribution in [0.3, 0.4) is 0 Å². The van der Waals surface area contributed by atoms with Gasteiger partial charge in [0.1, 0.15) is 11.6 Å². The highest BCUT2D eigenvalue weighted by atomic mass is 79.9. The number of carbonyl (C=O) groups is 1. The van der Waals surface area contributed by atoms with E-state index in [-0.39, 0.29) is 30.3 Å². The van der Waals surface area contributed by atoms with Gasteiger partial charge in [0.15, 0.2) is 6.61 Å². The van der Waals surface area contributed by atoms with E-state index in [0.717, 1.165) is 11.0 Å². The van der Waals surface area contributed by atoms with Crippen LogP contribution in [0.4, 0.5) is 0 Å². The number of aromatic nitrogens is 3. The normalized spacial score (nSPS) is 11.1. The molecular formula is C21H21BrN6O4. The molecule has 2 aromatic heterocycles. The summed E-state index contributed by atoms with van der Waals surface area (Å²) >= 11 is 3.40. The first kappa shape index (κ1) is 23.2. The second-order valence-corrected chi connectivity index (χ2v) is 7.74. The Morgan fingerprint density at radius 1 is 1.34 bits per heavy atom. The number of hydrogen-bond donors (Lipinski definition) is 1. The lowest BCUT2D eigenvalue weighted by Crippen LogP contribution is -2.25. The van der Waals surface area contributed by atoms with Crippen molar-refractivity contribution in [3.8, 4) is 11.9 Å². The number of nitriles is 1. The molecule has 0 aliphatic rings. The van der Waals surface area contributed by atoms with Gasteiger partial charge in [-0.05, 0) is 40.5 Å². The molecule has 3 aromatic rings. The summed E-state index contributed by atoms with van der Waals surface area (Å²) in [6.45, 7) is 1.57. The quantitative estimate of drug-likeness (QED) is 0.390. The van der Waals surface area contributed by atoms with E-state index in [9.17, 15) is 14.9 Å². The van der Waals surface area contributed by atoms with Crippen molar-refractivity contribution in [2.24, 2.45) is 19.2 Å². The Bertz CT molecular complexity index is 1320. The van der Waals surface area contributed by atoms with Crippen molar-refractivity contribution in [1.82, 2.24) is 19.5 Å². The van der Waals surface area contributed by atoms with Gasteiger partial charge < -0.3 is 9.47 Å². The molecule has 0 aliphatic carbocycles. The summed E-state index contributed by atoms with van der Waals surface area (Å²) in [5.41, 5.74) is 5.91. The number of benzene rings is 1. The van der Waals surface area contributed by atoms with E-state index >= 15 is 0 Å². The lowest BCUT2D eigenvalue weighted by Gasteiger charge is -2.13. The zero-order valence-corrected chi connectivity index (χ0v) is 19.6. The number of carbonyl (C=O) groups excluding carboxylic acids is 1. The number of ether oxygens (including phenoxy) is 2. The van der Waals surface area contributed by atoms with Crippen molar-refractivity contribution in [3.05, 3.63) is 55.5 Å². The number of imidazole rings is 1. The van der Waals surface area contributed by atoms with Crippen LogP contribution in [0.15, 0.2) is 32.6 Å². The van der Waals surface area contributed by atoms with Crippen LogP contribution in [0.25, 0.3) is 11.0 Å². The number of halogens is 1. The Hall–Kier alpha value is -3.49. The monoisotopic (exact) mass is 500 g/mol. The van der Waals surface area contributed by atoms with Crippen LogP contribution in [-0.4, -0.2) is 40.0 Å². The van der Waals surface area contributed by atoms with Gasteiger partial charge in [-0.2, -0.15) is 10.4 Å². The molecule has 0 saturated carbocycles. The first-order valence-corrected chi connectivity index (χ1v) is 10.3. The highest BCUT2D eigenvalue weighted by Gasteiger charge is 2.18. The number of pyridine rings is 1. The lowest BCUT2D eigenvalue weighted by molar-refractivity contribution is -0.123. The molecule has 0 fully saturated rings. The maximum atomic E-state index is 12.1. The largest absolute Gasteiger partial charge is 0.467 e. The number of methoxy groups -OCH3 is 1. The highest BCUT2D eigenvalue weighted by molar-refractivity contribution is 9.10. The second-order valence-electron chi connectivity index (χ2n) is 6.95. The fourth-order valence-electron chi connectivity index (χ4n) is 3.16. The molecule has 2 heterocycles.